The zero-order chi connectivity index (χ0) is 19.6. The lowest BCUT2D eigenvalue weighted by Gasteiger charge is -2.18. The van der Waals surface area contributed by atoms with E-state index in [4.69, 9.17) is 20.4 Å². The lowest BCUT2D eigenvalue weighted by atomic mass is 9.96. The number of carboxylic acid groups (broad SMARTS) is 3. The van der Waals surface area contributed by atoms with Crippen molar-refractivity contribution in [2.24, 2.45) is 0 Å². The number of anilines is 2. The van der Waals surface area contributed by atoms with Gasteiger partial charge in [0.25, 0.3) is 0 Å². The van der Waals surface area contributed by atoms with Crippen LogP contribution in [0.5, 0.6) is 0 Å². The molecule has 2 aromatic carbocycles. The van der Waals surface area contributed by atoms with E-state index < -0.39 is 36.4 Å². The van der Waals surface area contributed by atoms with E-state index in [0.717, 1.165) is 11.4 Å². The summed E-state index contributed by atoms with van der Waals surface area (Å²) in [5, 5.41) is 37.1. The Bertz CT molecular complexity index is 678. The third kappa shape index (κ3) is 7.45. The number of hydrogen-bond acceptors (Lipinski definition) is 5. The largest absolute Gasteiger partial charge is 0.481 e. The maximum absolute atomic E-state index is 10.3. The first-order valence-corrected chi connectivity index (χ1v) is 7.49. The van der Waals surface area contributed by atoms with Gasteiger partial charge in [0.2, 0.25) is 0 Å². The van der Waals surface area contributed by atoms with Gasteiger partial charge < -0.3 is 25.7 Å². The minimum atomic E-state index is -2.74. The maximum Gasteiger partial charge on any atom is 0.336 e. The molecular formula is C18H19NO7. The number of rotatable bonds is 7. The minimum Gasteiger partial charge on any atom is -0.481 e. The molecule has 0 aromatic heterocycles. The Labute approximate surface area is 149 Å². The third-order valence-electron chi connectivity index (χ3n) is 3.12. The van der Waals surface area contributed by atoms with Gasteiger partial charge in [-0.2, -0.15) is 0 Å². The highest BCUT2D eigenvalue weighted by Gasteiger charge is 2.40. The summed E-state index contributed by atoms with van der Waals surface area (Å²) in [5.74, 6) is -5.02. The molecule has 8 heteroatoms. The van der Waals surface area contributed by atoms with Crippen LogP contribution in [0.15, 0.2) is 60.7 Å². The molecule has 0 spiro atoms. The van der Waals surface area contributed by atoms with Crippen molar-refractivity contribution in [2.75, 3.05) is 5.32 Å². The van der Waals surface area contributed by atoms with Gasteiger partial charge in [0.1, 0.15) is 0 Å². The van der Waals surface area contributed by atoms with Crippen LogP contribution in [0, 0.1) is 0 Å². The molecule has 0 saturated heterocycles. The molecule has 0 radical (unpaired) electrons. The predicted octanol–water partition coefficient (Wildman–Crippen LogP) is 2.18. The lowest BCUT2D eigenvalue weighted by Crippen LogP contribution is -2.42. The number of carboxylic acids is 3. The second-order valence-electron chi connectivity index (χ2n) is 5.33. The fraction of sp³-hybridized carbons (Fsp3) is 0.167. The molecule has 138 valence electrons. The van der Waals surface area contributed by atoms with E-state index in [-0.39, 0.29) is 0 Å². The first-order valence-electron chi connectivity index (χ1n) is 7.49. The molecule has 0 heterocycles. The third-order valence-corrected chi connectivity index (χ3v) is 3.12. The predicted molar refractivity (Wildman–Crippen MR) is 93.3 cm³/mol. The number of para-hydroxylation sites is 2. The topological polar surface area (TPSA) is 144 Å². The van der Waals surface area contributed by atoms with Crippen molar-refractivity contribution in [2.45, 2.75) is 18.4 Å². The first-order chi connectivity index (χ1) is 12.2. The Morgan fingerprint density at radius 2 is 1.08 bits per heavy atom. The molecule has 2 aromatic rings. The van der Waals surface area contributed by atoms with E-state index in [1.807, 2.05) is 60.7 Å². The molecule has 26 heavy (non-hydrogen) atoms. The van der Waals surface area contributed by atoms with Gasteiger partial charge >= 0.3 is 17.9 Å². The molecule has 2 rings (SSSR count). The van der Waals surface area contributed by atoms with Crippen LogP contribution in [-0.2, 0) is 14.4 Å². The van der Waals surface area contributed by atoms with E-state index >= 15 is 0 Å². The van der Waals surface area contributed by atoms with Crippen LogP contribution in [0.3, 0.4) is 0 Å². The average molecular weight is 361 g/mol. The highest BCUT2D eigenvalue weighted by Crippen LogP contribution is 2.16. The Balaban J connectivity index is 0.000000260. The highest BCUT2D eigenvalue weighted by atomic mass is 16.4. The molecule has 5 N–H and O–H groups in total. The summed E-state index contributed by atoms with van der Waals surface area (Å²) in [6.07, 6.45) is -2.29. The molecular weight excluding hydrogens is 342 g/mol. The van der Waals surface area contributed by atoms with E-state index in [2.05, 4.69) is 5.32 Å². The van der Waals surface area contributed by atoms with Crippen LogP contribution in [0.4, 0.5) is 11.4 Å². The molecule has 0 aliphatic heterocycles. The van der Waals surface area contributed by atoms with Crippen molar-refractivity contribution in [1.29, 1.82) is 0 Å². The molecule has 0 aliphatic rings. The Morgan fingerprint density at radius 1 is 0.731 bits per heavy atom. The fourth-order valence-electron chi connectivity index (χ4n) is 1.92. The standard InChI is InChI=1S/C12H11N.C6H8O7/c1-3-7-11(8-4-1)13-12-9-5-2-6-10-12;7-3(8)1-6(13,5(11)12)2-4(9)10/h1-10,13H;13H,1-2H2,(H,7,8)(H,9,10)(H,11,12). The summed E-state index contributed by atoms with van der Waals surface area (Å²) in [4.78, 5) is 30.5. The quantitative estimate of drug-likeness (QED) is 0.505. The molecule has 8 nitrogen and oxygen atoms in total. The van der Waals surface area contributed by atoms with Crippen LogP contribution in [0.2, 0.25) is 0 Å². The van der Waals surface area contributed by atoms with E-state index in [0.29, 0.717) is 0 Å². The van der Waals surface area contributed by atoms with Crippen molar-refractivity contribution in [3.05, 3.63) is 60.7 Å². The van der Waals surface area contributed by atoms with E-state index in [1.165, 1.54) is 0 Å². The molecule has 0 aliphatic carbocycles. The minimum absolute atomic E-state index is 1.12. The number of carbonyl (C=O) groups is 3. The molecule has 0 atom stereocenters. The summed E-state index contributed by atoms with van der Waals surface area (Å²) < 4.78 is 0. The SMILES string of the molecule is O=C(O)CC(O)(CC(=O)O)C(=O)O.c1ccc(Nc2ccccc2)cc1. The van der Waals surface area contributed by atoms with Crippen molar-refractivity contribution in [3.8, 4) is 0 Å². The number of hydrogen-bond donors (Lipinski definition) is 5. The van der Waals surface area contributed by atoms with Crippen LogP contribution in [0.1, 0.15) is 12.8 Å². The summed E-state index contributed by atoms with van der Waals surface area (Å²) in [7, 11) is 0. The smallest absolute Gasteiger partial charge is 0.336 e. The van der Waals surface area contributed by atoms with E-state index in [9.17, 15) is 14.4 Å². The van der Waals surface area contributed by atoms with E-state index in [1.54, 1.807) is 0 Å². The van der Waals surface area contributed by atoms with Gasteiger partial charge in [-0.25, -0.2) is 4.79 Å². The Hall–Kier alpha value is -3.39. The zero-order valence-electron chi connectivity index (χ0n) is 13.7. The average Bonchev–Trinajstić information content (AvgIpc) is 2.55. The second kappa shape index (κ2) is 9.80. The first kappa shape index (κ1) is 20.7. The van der Waals surface area contributed by atoms with Gasteiger partial charge in [0.05, 0.1) is 12.8 Å². The molecule has 0 fully saturated rings. The summed E-state index contributed by atoms with van der Waals surface area (Å²) >= 11 is 0. The highest BCUT2D eigenvalue weighted by molar-refractivity contribution is 5.88. The molecule has 0 saturated carbocycles. The Morgan fingerprint density at radius 3 is 1.35 bits per heavy atom. The van der Waals surface area contributed by atoms with Crippen molar-refractivity contribution in [1.82, 2.24) is 0 Å². The van der Waals surface area contributed by atoms with Gasteiger partial charge in [-0.05, 0) is 24.3 Å². The van der Waals surface area contributed by atoms with Crippen LogP contribution in [-0.4, -0.2) is 43.9 Å². The normalized spacial score (nSPS) is 10.2. The van der Waals surface area contributed by atoms with Gasteiger partial charge in [0.15, 0.2) is 5.60 Å². The summed E-state index contributed by atoms with van der Waals surface area (Å²) in [6.45, 7) is 0. The molecule has 0 unspecified atom stereocenters. The number of aliphatic hydroxyl groups is 1. The van der Waals surface area contributed by atoms with Crippen molar-refractivity contribution < 1.29 is 34.8 Å². The second-order valence-corrected chi connectivity index (χ2v) is 5.33. The van der Waals surface area contributed by atoms with Gasteiger partial charge in [0, 0.05) is 11.4 Å². The maximum atomic E-state index is 10.3. The van der Waals surface area contributed by atoms with Crippen LogP contribution >= 0.6 is 0 Å². The summed E-state index contributed by atoms with van der Waals surface area (Å²) in [6, 6.07) is 20.3. The summed E-state index contributed by atoms with van der Waals surface area (Å²) in [5.41, 5.74) is -0.500. The van der Waals surface area contributed by atoms with Crippen molar-refractivity contribution >= 4 is 29.3 Å². The Kier molecular flexibility index (Phi) is 7.78. The number of aliphatic carboxylic acids is 3. The fourth-order valence-corrected chi connectivity index (χ4v) is 1.92. The number of nitrogens with one attached hydrogen (secondary N) is 1. The lowest BCUT2D eigenvalue weighted by molar-refractivity contribution is -0.170. The monoisotopic (exact) mass is 361 g/mol. The number of benzene rings is 2. The van der Waals surface area contributed by atoms with Gasteiger partial charge in [-0.3, -0.25) is 9.59 Å². The van der Waals surface area contributed by atoms with Crippen LogP contribution < -0.4 is 5.32 Å². The van der Waals surface area contributed by atoms with Crippen molar-refractivity contribution in [3.63, 3.8) is 0 Å². The molecule has 0 bridgehead atoms. The zero-order valence-corrected chi connectivity index (χ0v) is 13.7. The van der Waals surface area contributed by atoms with Gasteiger partial charge in [-0.15, -0.1) is 0 Å². The molecule has 0 amide bonds. The van der Waals surface area contributed by atoms with Crippen LogP contribution in [0.25, 0.3) is 0 Å². The van der Waals surface area contributed by atoms with Gasteiger partial charge in [-0.1, -0.05) is 36.4 Å².